The Kier molecular flexibility index (Phi) is 6.39. The van der Waals surface area contributed by atoms with Crippen LogP contribution in [-0.2, 0) is 10.0 Å². The van der Waals surface area contributed by atoms with Gasteiger partial charge in [-0.25, -0.2) is 17.9 Å². The molecule has 0 aliphatic carbocycles. The number of hydrogen-bond acceptors (Lipinski definition) is 4. The zero-order chi connectivity index (χ0) is 15.9. The number of carboxylic acid groups (broad SMARTS) is 1. The molecule has 0 atom stereocenters. The summed E-state index contributed by atoms with van der Waals surface area (Å²) in [5, 5.41) is 9.16. The van der Waals surface area contributed by atoms with Crippen molar-refractivity contribution in [2.75, 3.05) is 13.2 Å². The van der Waals surface area contributed by atoms with Gasteiger partial charge in [-0.3, -0.25) is 0 Å². The molecule has 0 unspecified atom stereocenters. The number of carboxylic acids is 1. The van der Waals surface area contributed by atoms with Crippen LogP contribution >= 0.6 is 0 Å². The van der Waals surface area contributed by atoms with Crippen molar-refractivity contribution in [2.45, 2.75) is 24.7 Å². The fourth-order valence-electron chi connectivity index (χ4n) is 1.56. The molecule has 1 rings (SSSR count). The number of hydrogen-bond donors (Lipinski definition) is 2. The molecule has 0 radical (unpaired) electrons. The van der Waals surface area contributed by atoms with E-state index in [-0.39, 0.29) is 22.8 Å². The van der Waals surface area contributed by atoms with Gasteiger partial charge in [0.1, 0.15) is 11.3 Å². The van der Waals surface area contributed by atoms with Crippen molar-refractivity contribution in [3.8, 4) is 5.75 Å². The van der Waals surface area contributed by atoms with Crippen LogP contribution in [0.5, 0.6) is 5.75 Å². The van der Waals surface area contributed by atoms with Gasteiger partial charge in [-0.05, 0) is 31.0 Å². The predicted molar refractivity (Wildman–Crippen MR) is 79.2 cm³/mol. The lowest BCUT2D eigenvalue weighted by molar-refractivity contribution is 0.0692. The number of benzene rings is 1. The Morgan fingerprint density at radius 1 is 1.48 bits per heavy atom. The van der Waals surface area contributed by atoms with E-state index in [1.54, 1.807) is 6.08 Å². The fraction of sp³-hybridized carbons (Fsp3) is 0.357. The normalized spacial score (nSPS) is 11.1. The molecule has 0 aliphatic rings. The summed E-state index contributed by atoms with van der Waals surface area (Å²) >= 11 is 0. The summed E-state index contributed by atoms with van der Waals surface area (Å²) in [6, 6.07) is 3.79. The average Bonchev–Trinajstić information content (AvgIpc) is 2.44. The molecule has 0 heterocycles. The smallest absolute Gasteiger partial charge is 0.339 e. The van der Waals surface area contributed by atoms with Gasteiger partial charge in [0.2, 0.25) is 10.0 Å². The number of carbonyl (C=O) groups is 1. The van der Waals surface area contributed by atoms with Crippen molar-refractivity contribution in [2.24, 2.45) is 0 Å². The fourth-order valence-corrected chi connectivity index (χ4v) is 2.63. The molecule has 0 bridgehead atoms. The molecule has 0 aliphatic heterocycles. The van der Waals surface area contributed by atoms with E-state index in [1.807, 2.05) is 6.92 Å². The molecular formula is C14H19NO5S. The van der Waals surface area contributed by atoms with Crippen molar-refractivity contribution in [1.29, 1.82) is 0 Å². The van der Waals surface area contributed by atoms with E-state index < -0.39 is 16.0 Å². The van der Waals surface area contributed by atoms with E-state index in [0.717, 1.165) is 12.5 Å². The van der Waals surface area contributed by atoms with Gasteiger partial charge in [0.05, 0.1) is 11.5 Å². The first-order chi connectivity index (χ1) is 9.92. The Hall–Kier alpha value is -1.86. The van der Waals surface area contributed by atoms with Crippen LogP contribution in [-0.4, -0.2) is 32.6 Å². The van der Waals surface area contributed by atoms with Crippen LogP contribution in [0.1, 0.15) is 30.1 Å². The van der Waals surface area contributed by atoms with E-state index in [1.165, 1.54) is 12.1 Å². The molecule has 0 saturated carbocycles. The SMILES string of the molecule is C=CCCNS(=O)(=O)c1ccc(OCCC)c(C(=O)O)c1. The van der Waals surface area contributed by atoms with Gasteiger partial charge in [0, 0.05) is 6.54 Å². The lowest BCUT2D eigenvalue weighted by Gasteiger charge is -2.11. The Balaban J connectivity index is 3.07. The second-order valence-electron chi connectivity index (χ2n) is 4.29. The van der Waals surface area contributed by atoms with Crippen molar-refractivity contribution in [1.82, 2.24) is 4.72 Å². The number of rotatable bonds is 9. The molecule has 0 spiro atoms. The molecule has 2 N–H and O–H groups in total. The molecule has 0 aromatic heterocycles. The minimum absolute atomic E-state index is 0.104. The summed E-state index contributed by atoms with van der Waals surface area (Å²) < 4.78 is 31.7. The summed E-state index contributed by atoms with van der Waals surface area (Å²) in [6.45, 7) is 5.97. The van der Waals surface area contributed by atoms with Crippen LogP contribution in [0.4, 0.5) is 0 Å². The lowest BCUT2D eigenvalue weighted by atomic mass is 10.2. The molecule has 6 nitrogen and oxygen atoms in total. The van der Waals surface area contributed by atoms with Gasteiger partial charge in [0.25, 0.3) is 0 Å². The van der Waals surface area contributed by atoms with Gasteiger partial charge in [-0.15, -0.1) is 6.58 Å². The first-order valence-corrected chi connectivity index (χ1v) is 8.01. The summed E-state index contributed by atoms with van der Waals surface area (Å²) in [4.78, 5) is 11.1. The quantitative estimate of drug-likeness (QED) is 0.537. The van der Waals surface area contributed by atoms with E-state index in [9.17, 15) is 13.2 Å². The van der Waals surface area contributed by atoms with E-state index in [0.29, 0.717) is 13.0 Å². The molecule has 7 heteroatoms. The molecule has 0 fully saturated rings. The summed E-state index contributed by atoms with van der Waals surface area (Å²) in [7, 11) is -3.74. The first-order valence-electron chi connectivity index (χ1n) is 6.53. The summed E-state index contributed by atoms with van der Waals surface area (Å²) in [5.74, 6) is -1.07. The third-order valence-corrected chi connectivity index (χ3v) is 4.05. The highest BCUT2D eigenvalue weighted by molar-refractivity contribution is 7.89. The molecule has 1 aromatic rings. The highest BCUT2D eigenvalue weighted by Crippen LogP contribution is 2.23. The summed E-state index contributed by atoms with van der Waals surface area (Å²) in [5.41, 5.74) is -0.171. The maximum absolute atomic E-state index is 12.0. The van der Waals surface area contributed by atoms with E-state index in [4.69, 9.17) is 9.84 Å². The van der Waals surface area contributed by atoms with Gasteiger partial charge >= 0.3 is 5.97 Å². The molecule has 0 amide bonds. The number of ether oxygens (including phenoxy) is 1. The largest absolute Gasteiger partial charge is 0.493 e. The van der Waals surface area contributed by atoms with E-state index in [2.05, 4.69) is 11.3 Å². The Bertz CT molecular complexity index is 610. The van der Waals surface area contributed by atoms with Crippen molar-refractivity contribution in [3.05, 3.63) is 36.4 Å². The number of nitrogens with one attached hydrogen (secondary N) is 1. The van der Waals surface area contributed by atoms with Gasteiger partial charge in [-0.1, -0.05) is 13.0 Å². The lowest BCUT2D eigenvalue weighted by Crippen LogP contribution is -2.24. The monoisotopic (exact) mass is 313 g/mol. The second-order valence-corrected chi connectivity index (χ2v) is 6.05. The molecule has 0 saturated heterocycles. The zero-order valence-corrected chi connectivity index (χ0v) is 12.6. The highest BCUT2D eigenvalue weighted by atomic mass is 32.2. The van der Waals surface area contributed by atoms with Gasteiger partial charge in [-0.2, -0.15) is 0 Å². The highest BCUT2D eigenvalue weighted by Gasteiger charge is 2.19. The second kappa shape index (κ2) is 7.80. The van der Waals surface area contributed by atoms with Crippen LogP contribution in [0.3, 0.4) is 0 Å². The third-order valence-electron chi connectivity index (χ3n) is 2.59. The minimum Gasteiger partial charge on any atom is -0.493 e. The molecule has 1 aromatic carbocycles. The van der Waals surface area contributed by atoms with E-state index >= 15 is 0 Å². The minimum atomic E-state index is -3.74. The predicted octanol–water partition coefficient (Wildman–Crippen LogP) is 2.03. The number of aromatic carboxylic acids is 1. The van der Waals surface area contributed by atoms with Gasteiger partial charge in [0.15, 0.2) is 0 Å². The Morgan fingerprint density at radius 2 is 2.19 bits per heavy atom. The van der Waals surface area contributed by atoms with Crippen molar-refractivity contribution >= 4 is 16.0 Å². The molecular weight excluding hydrogens is 294 g/mol. The van der Waals surface area contributed by atoms with Gasteiger partial charge < -0.3 is 9.84 Å². The molecule has 116 valence electrons. The van der Waals surface area contributed by atoms with Crippen LogP contribution in [0.25, 0.3) is 0 Å². The first kappa shape index (κ1) is 17.2. The maximum Gasteiger partial charge on any atom is 0.339 e. The Morgan fingerprint density at radius 3 is 2.76 bits per heavy atom. The zero-order valence-electron chi connectivity index (χ0n) is 11.8. The summed E-state index contributed by atoms with van der Waals surface area (Å²) in [6.07, 6.45) is 2.80. The van der Waals surface area contributed by atoms with Crippen LogP contribution in [0.15, 0.2) is 35.7 Å². The topological polar surface area (TPSA) is 92.7 Å². The van der Waals surface area contributed by atoms with Crippen LogP contribution in [0, 0.1) is 0 Å². The molecule has 21 heavy (non-hydrogen) atoms. The van der Waals surface area contributed by atoms with Crippen molar-refractivity contribution in [3.63, 3.8) is 0 Å². The standard InChI is InChI=1S/C14H19NO5S/c1-3-5-8-15-21(18,19)11-6-7-13(20-9-4-2)12(10-11)14(16)17/h3,6-7,10,15H,1,4-5,8-9H2,2H3,(H,16,17). The number of sulfonamides is 1. The third kappa shape index (κ3) is 4.87. The Labute approximate surface area is 124 Å². The van der Waals surface area contributed by atoms with Crippen molar-refractivity contribution < 1.29 is 23.1 Å². The van der Waals surface area contributed by atoms with Crippen LogP contribution < -0.4 is 9.46 Å². The maximum atomic E-state index is 12.0. The van der Waals surface area contributed by atoms with Crippen LogP contribution in [0.2, 0.25) is 0 Å². The average molecular weight is 313 g/mol.